The molecule has 0 aliphatic carbocycles. The van der Waals surface area contributed by atoms with Gasteiger partial charge in [0, 0.05) is 17.3 Å². The van der Waals surface area contributed by atoms with E-state index in [1.165, 1.54) is 36.6 Å². The van der Waals surface area contributed by atoms with Crippen molar-refractivity contribution in [1.29, 1.82) is 0 Å². The number of carbonyl (C=O) groups is 2. The highest BCUT2D eigenvalue weighted by molar-refractivity contribution is 7.92. The third-order valence-corrected chi connectivity index (χ3v) is 3.39. The van der Waals surface area contributed by atoms with Gasteiger partial charge in [-0.1, -0.05) is 0 Å². The molecule has 0 atom stereocenters. The Balaban J connectivity index is 1.87. The smallest absolute Gasteiger partial charge is 0.331 e. The lowest BCUT2D eigenvalue weighted by atomic mass is 10.1. The van der Waals surface area contributed by atoms with Crippen molar-refractivity contribution in [3.63, 3.8) is 0 Å². The molecule has 0 aliphatic heterocycles. The molecule has 24 heavy (non-hydrogen) atoms. The molecule has 1 N–H and O–H groups in total. The minimum atomic E-state index is -3.38. The van der Waals surface area contributed by atoms with Gasteiger partial charge in [0.25, 0.3) is 0 Å². The minimum absolute atomic E-state index is 0.303. The number of hydrogen-bond donors (Lipinski definition) is 1. The summed E-state index contributed by atoms with van der Waals surface area (Å²) < 4.78 is 34.3. The van der Waals surface area contributed by atoms with Crippen LogP contribution >= 0.6 is 0 Å². The zero-order valence-corrected chi connectivity index (χ0v) is 13.6. The maximum absolute atomic E-state index is 11.9. The van der Waals surface area contributed by atoms with E-state index in [0.29, 0.717) is 17.0 Å². The predicted octanol–water partition coefficient (Wildman–Crippen LogP) is 2.09. The topological polar surface area (TPSA) is 103 Å². The third-order valence-electron chi connectivity index (χ3n) is 2.78. The Morgan fingerprint density at radius 3 is 2.50 bits per heavy atom. The Bertz CT molecular complexity index is 835. The largest absolute Gasteiger partial charge is 0.465 e. The number of ether oxygens (including phenoxy) is 1. The van der Waals surface area contributed by atoms with Crippen molar-refractivity contribution in [1.82, 2.24) is 0 Å². The van der Waals surface area contributed by atoms with Gasteiger partial charge < -0.3 is 9.15 Å². The summed E-state index contributed by atoms with van der Waals surface area (Å²) in [7, 11) is -3.38. The molecule has 2 rings (SSSR count). The van der Waals surface area contributed by atoms with Crippen molar-refractivity contribution in [3.05, 3.63) is 60.1 Å². The molecule has 0 saturated heterocycles. The van der Waals surface area contributed by atoms with Crippen molar-refractivity contribution in [2.75, 3.05) is 17.6 Å². The van der Waals surface area contributed by atoms with Crippen molar-refractivity contribution in [2.24, 2.45) is 0 Å². The summed E-state index contributed by atoms with van der Waals surface area (Å²) >= 11 is 0. The van der Waals surface area contributed by atoms with Crippen LogP contribution in [-0.2, 0) is 19.6 Å². The molecule has 1 heterocycles. The van der Waals surface area contributed by atoms with E-state index in [1.807, 2.05) is 0 Å². The fraction of sp³-hybridized carbons (Fsp3) is 0.125. The molecule has 126 valence electrons. The average molecular weight is 349 g/mol. The van der Waals surface area contributed by atoms with Crippen molar-refractivity contribution >= 4 is 33.5 Å². The first-order valence-corrected chi connectivity index (χ1v) is 8.72. The van der Waals surface area contributed by atoms with Crippen LogP contribution in [0.25, 0.3) is 6.08 Å². The number of anilines is 1. The van der Waals surface area contributed by atoms with E-state index >= 15 is 0 Å². The van der Waals surface area contributed by atoms with Crippen LogP contribution in [0.1, 0.15) is 16.1 Å². The second-order valence-corrected chi connectivity index (χ2v) is 6.58. The Hall–Kier alpha value is -2.87. The van der Waals surface area contributed by atoms with Gasteiger partial charge in [-0.25, -0.2) is 13.2 Å². The lowest BCUT2D eigenvalue weighted by molar-refractivity contribution is -0.136. The molecule has 7 nitrogen and oxygen atoms in total. The van der Waals surface area contributed by atoms with E-state index in [1.54, 1.807) is 12.1 Å². The molecule has 2 aromatic rings. The first-order valence-electron chi connectivity index (χ1n) is 6.83. The summed E-state index contributed by atoms with van der Waals surface area (Å²) in [5.41, 5.74) is 0.643. The Kier molecular flexibility index (Phi) is 5.54. The van der Waals surface area contributed by atoms with Crippen LogP contribution in [0.4, 0.5) is 5.69 Å². The van der Waals surface area contributed by atoms with Crippen LogP contribution in [0.5, 0.6) is 0 Å². The molecular weight excluding hydrogens is 334 g/mol. The van der Waals surface area contributed by atoms with Crippen molar-refractivity contribution < 1.29 is 27.2 Å². The second kappa shape index (κ2) is 7.60. The molecule has 0 spiro atoms. The number of rotatable bonds is 7. The normalized spacial score (nSPS) is 11.4. The van der Waals surface area contributed by atoms with E-state index in [-0.39, 0.29) is 0 Å². The first-order chi connectivity index (χ1) is 11.3. The van der Waals surface area contributed by atoms with Crippen LogP contribution in [0, 0.1) is 0 Å². The van der Waals surface area contributed by atoms with Gasteiger partial charge in [-0.2, -0.15) is 0 Å². The maximum Gasteiger partial charge on any atom is 0.331 e. The summed E-state index contributed by atoms with van der Waals surface area (Å²) in [6, 6.07) is 9.14. The van der Waals surface area contributed by atoms with Gasteiger partial charge in [0.05, 0.1) is 12.5 Å². The van der Waals surface area contributed by atoms with Gasteiger partial charge in [0.15, 0.2) is 12.4 Å². The summed E-state index contributed by atoms with van der Waals surface area (Å²) in [5.74, 6) is -0.581. The van der Waals surface area contributed by atoms with E-state index in [0.717, 1.165) is 12.3 Å². The molecule has 0 radical (unpaired) electrons. The number of benzene rings is 1. The molecule has 0 unspecified atom stereocenters. The fourth-order valence-corrected chi connectivity index (χ4v) is 2.31. The summed E-state index contributed by atoms with van der Waals surface area (Å²) in [4.78, 5) is 23.4. The van der Waals surface area contributed by atoms with Gasteiger partial charge in [0.2, 0.25) is 10.0 Å². The van der Waals surface area contributed by atoms with E-state index in [2.05, 4.69) is 4.72 Å². The second-order valence-electron chi connectivity index (χ2n) is 4.83. The standard InChI is InChI=1S/C16H15NO6S/c1-24(20,21)17-13-6-4-12(5-7-13)15(18)11-23-16(19)9-8-14-3-2-10-22-14/h2-10,17H,11H2,1H3/b9-8+. The number of sulfonamides is 1. The first kappa shape index (κ1) is 17.5. The zero-order valence-electron chi connectivity index (χ0n) is 12.8. The van der Waals surface area contributed by atoms with Gasteiger partial charge in [0.1, 0.15) is 5.76 Å². The monoisotopic (exact) mass is 349 g/mol. The number of hydrogen-bond acceptors (Lipinski definition) is 6. The molecule has 0 saturated carbocycles. The Morgan fingerprint density at radius 1 is 1.21 bits per heavy atom. The molecule has 8 heteroatoms. The van der Waals surface area contributed by atoms with Crippen LogP contribution in [0.15, 0.2) is 53.2 Å². The zero-order chi connectivity index (χ0) is 17.6. The van der Waals surface area contributed by atoms with Crippen molar-refractivity contribution in [3.8, 4) is 0 Å². The Morgan fingerprint density at radius 2 is 1.92 bits per heavy atom. The van der Waals surface area contributed by atoms with Crippen LogP contribution < -0.4 is 4.72 Å². The molecule has 0 aliphatic rings. The average Bonchev–Trinajstić information content (AvgIpc) is 3.03. The number of Topliss-reactive ketones (excluding diaryl/α,β-unsaturated/α-hetero) is 1. The number of nitrogens with one attached hydrogen (secondary N) is 1. The van der Waals surface area contributed by atoms with Gasteiger partial charge in [-0.05, 0) is 42.5 Å². The lowest BCUT2D eigenvalue weighted by Crippen LogP contribution is -2.13. The maximum atomic E-state index is 11.9. The number of furan rings is 1. The predicted molar refractivity (Wildman–Crippen MR) is 87.9 cm³/mol. The van der Waals surface area contributed by atoms with Crippen LogP contribution in [0.3, 0.4) is 0 Å². The van der Waals surface area contributed by atoms with E-state index < -0.39 is 28.4 Å². The molecule has 0 fully saturated rings. The van der Waals surface area contributed by atoms with Gasteiger partial charge in [-0.3, -0.25) is 9.52 Å². The molecule has 0 bridgehead atoms. The van der Waals surface area contributed by atoms with E-state index in [9.17, 15) is 18.0 Å². The highest BCUT2D eigenvalue weighted by atomic mass is 32.2. The van der Waals surface area contributed by atoms with Gasteiger partial charge in [-0.15, -0.1) is 0 Å². The van der Waals surface area contributed by atoms with Crippen LogP contribution in [-0.4, -0.2) is 33.0 Å². The highest BCUT2D eigenvalue weighted by Gasteiger charge is 2.09. The van der Waals surface area contributed by atoms with Crippen LogP contribution in [0.2, 0.25) is 0 Å². The third kappa shape index (κ3) is 5.73. The summed E-state index contributed by atoms with van der Waals surface area (Å²) in [6.07, 6.45) is 5.09. The lowest BCUT2D eigenvalue weighted by Gasteiger charge is -2.05. The summed E-state index contributed by atoms with van der Waals surface area (Å²) in [6.45, 7) is -0.416. The number of carbonyl (C=O) groups excluding carboxylic acids is 2. The van der Waals surface area contributed by atoms with Crippen molar-refractivity contribution in [2.45, 2.75) is 0 Å². The molecule has 1 aromatic heterocycles. The molecule has 0 amide bonds. The highest BCUT2D eigenvalue weighted by Crippen LogP contribution is 2.11. The molecular formula is C16H15NO6S. The van der Waals surface area contributed by atoms with Gasteiger partial charge >= 0.3 is 5.97 Å². The number of esters is 1. The Labute approximate surface area is 139 Å². The quantitative estimate of drug-likeness (QED) is 0.466. The fourth-order valence-electron chi connectivity index (χ4n) is 1.74. The number of ketones is 1. The molecule has 1 aromatic carbocycles. The van der Waals surface area contributed by atoms with E-state index in [4.69, 9.17) is 9.15 Å². The minimum Gasteiger partial charge on any atom is -0.465 e. The summed E-state index contributed by atoms with van der Waals surface area (Å²) in [5, 5.41) is 0. The SMILES string of the molecule is CS(=O)(=O)Nc1ccc(C(=O)COC(=O)/C=C/c2ccco2)cc1.